The molecule has 54 heavy (non-hydrogen) atoms. The van der Waals surface area contributed by atoms with Crippen molar-refractivity contribution in [2.24, 2.45) is 0 Å². The van der Waals surface area contributed by atoms with Crippen molar-refractivity contribution in [3.05, 3.63) is 48.6 Å². The maximum Gasteiger partial charge on any atom is 0.306 e. The van der Waals surface area contributed by atoms with Gasteiger partial charge in [-0.15, -0.1) is 0 Å². The van der Waals surface area contributed by atoms with Crippen molar-refractivity contribution in [3.8, 4) is 0 Å². The molecule has 0 amide bonds. The van der Waals surface area contributed by atoms with Crippen LogP contribution in [-0.2, 0) is 28.6 Å². The first-order chi connectivity index (χ1) is 26.5. The van der Waals surface area contributed by atoms with Crippen LogP contribution < -0.4 is 0 Å². The summed E-state index contributed by atoms with van der Waals surface area (Å²) in [6.45, 7) is 6.41. The molecule has 0 aliphatic heterocycles. The van der Waals surface area contributed by atoms with Crippen LogP contribution in [0.4, 0.5) is 0 Å². The number of allylic oxidation sites excluding steroid dienone is 8. The standard InChI is InChI=1S/C48H84O6/c1-4-7-10-13-16-19-21-22-23-24-25-26-27-30-32-35-38-41-47(50)53-44-45(43-52-46(49)40-37-34-31-28-18-15-12-9-6-3)54-48(51)42-39-36-33-29-20-17-14-11-8-5-2/h9,12,14,17-18,22-23,28,45H,4-8,10-11,13,15-16,19-21,24-27,29-44H2,1-3H3/b12-9-,17-14-,23-22-,28-18-. The summed E-state index contributed by atoms with van der Waals surface area (Å²) < 4.78 is 16.6. The molecule has 0 fully saturated rings. The largest absolute Gasteiger partial charge is 0.462 e. The normalized spacial score (nSPS) is 12.4. The summed E-state index contributed by atoms with van der Waals surface area (Å²) >= 11 is 0. The molecule has 0 saturated carbocycles. The molecule has 0 heterocycles. The highest BCUT2D eigenvalue weighted by Crippen LogP contribution is 2.13. The quantitative estimate of drug-likeness (QED) is 0.0268. The second-order valence-corrected chi connectivity index (χ2v) is 14.9. The number of esters is 3. The predicted molar refractivity (Wildman–Crippen MR) is 229 cm³/mol. The molecule has 0 spiro atoms. The second kappa shape index (κ2) is 43.1. The fraction of sp³-hybridized carbons (Fsp3) is 0.771. The van der Waals surface area contributed by atoms with Gasteiger partial charge in [-0.3, -0.25) is 14.4 Å². The van der Waals surface area contributed by atoms with Crippen LogP contribution in [0.2, 0.25) is 0 Å². The van der Waals surface area contributed by atoms with E-state index in [0.717, 1.165) is 89.9 Å². The van der Waals surface area contributed by atoms with Crippen LogP contribution in [0.25, 0.3) is 0 Å². The average Bonchev–Trinajstić information content (AvgIpc) is 3.17. The highest BCUT2D eigenvalue weighted by Gasteiger charge is 2.19. The van der Waals surface area contributed by atoms with Gasteiger partial charge in [0.1, 0.15) is 13.2 Å². The third-order valence-electron chi connectivity index (χ3n) is 9.54. The Kier molecular flexibility index (Phi) is 41.0. The zero-order chi connectivity index (χ0) is 39.4. The average molecular weight is 757 g/mol. The van der Waals surface area contributed by atoms with E-state index in [4.69, 9.17) is 14.2 Å². The molecule has 6 nitrogen and oxygen atoms in total. The van der Waals surface area contributed by atoms with Crippen LogP contribution in [0.5, 0.6) is 0 Å². The molecule has 0 aromatic heterocycles. The summed E-state index contributed by atoms with van der Waals surface area (Å²) in [6, 6.07) is 0. The molecular weight excluding hydrogens is 673 g/mol. The summed E-state index contributed by atoms with van der Waals surface area (Å²) in [6.07, 6.45) is 49.7. The molecule has 1 unspecified atom stereocenters. The molecule has 6 heteroatoms. The van der Waals surface area contributed by atoms with Gasteiger partial charge in [0.2, 0.25) is 0 Å². The van der Waals surface area contributed by atoms with Crippen LogP contribution in [0, 0.1) is 0 Å². The van der Waals surface area contributed by atoms with Gasteiger partial charge in [0, 0.05) is 19.3 Å². The van der Waals surface area contributed by atoms with Gasteiger partial charge < -0.3 is 14.2 Å². The molecular formula is C48H84O6. The summed E-state index contributed by atoms with van der Waals surface area (Å²) in [5.41, 5.74) is 0. The Hall–Kier alpha value is -2.63. The molecule has 1 atom stereocenters. The highest BCUT2D eigenvalue weighted by molar-refractivity contribution is 5.71. The van der Waals surface area contributed by atoms with Gasteiger partial charge in [-0.05, 0) is 89.9 Å². The van der Waals surface area contributed by atoms with Crippen molar-refractivity contribution >= 4 is 17.9 Å². The Morgan fingerprint density at radius 3 is 1.22 bits per heavy atom. The Morgan fingerprint density at radius 2 is 0.741 bits per heavy atom. The Morgan fingerprint density at radius 1 is 0.389 bits per heavy atom. The fourth-order valence-electron chi connectivity index (χ4n) is 6.10. The van der Waals surface area contributed by atoms with Gasteiger partial charge in [0.25, 0.3) is 0 Å². The number of hydrogen-bond donors (Lipinski definition) is 0. The first-order valence-corrected chi connectivity index (χ1v) is 22.6. The highest BCUT2D eigenvalue weighted by atomic mass is 16.6. The van der Waals surface area contributed by atoms with Gasteiger partial charge in [0.05, 0.1) is 0 Å². The van der Waals surface area contributed by atoms with Crippen molar-refractivity contribution in [1.29, 1.82) is 0 Å². The van der Waals surface area contributed by atoms with Gasteiger partial charge in [-0.1, -0.05) is 159 Å². The molecule has 0 bridgehead atoms. The minimum absolute atomic E-state index is 0.0904. The minimum atomic E-state index is -0.789. The third-order valence-corrected chi connectivity index (χ3v) is 9.54. The molecule has 0 N–H and O–H groups in total. The van der Waals surface area contributed by atoms with Gasteiger partial charge >= 0.3 is 17.9 Å². The first-order valence-electron chi connectivity index (χ1n) is 22.6. The monoisotopic (exact) mass is 757 g/mol. The van der Waals surface area contributed by atoms with Crippen molar-refractivity contribution in [2.75, 3.05) is 13.2 Å². The van der Waals surface area contributed by atoms with Crippen molar-refractivity contribution in [2.45, 2.75) is 226 Å². The van der Waals surface area contributed by atoms with E-state index in [1.807, 2.05) is 0 Å². The number of ether oxygens (including phenoxy) is 3. The van der Waals surface area contributed by atoms with E-state index in [0.29, 0.717) is 19.3 Å². The predicted octanol–water partition coefficient (Wildman–Crippen LogP) is 14.4. The number of carbonyl (C=O) groups is 3. The van der Waals surface area contributed by atoms with Gasteiger partial charge in [-0.2, -0.15) is 0 Å². The molecule has 0 rings (SSSR count). The summed E-state index contributed by atoms with van der Waals surface area (Å²) in [4.78, 5) is 37.6. The fourth-order valence-corrected chi connectivity index (χ4v) is 6.10. The summed E-state index contributed by atoms with van der Waals surface area (Å²) in [5.74, 6) is -0.950. The Bertz CT molecular complexity index is 964. The SMILES string of the molecule is CC/C=C\C/C=C\CCCCC(=O)OCC(COC(=O)CCCCCCCCC/C=C\CCCCCCCC)OC(=O)CCCCCC/C=C\CCCC. The lowest BCUT2D eigenvalue weighted by Gasteiger charge is -2.18. The van der Waals surface area contributed by atoms with Gasteiger partial charge in [-0.25, -0.2) is 0 Å². The molecule has 0 aliphatic carbocycles. The molecule has 0 aromatic rings. The molecule has 312 valence electrons. The summed E-state index contributed by atoms with van der Waals surface area (Å²) in [7, 11) is 0. The second-order valence-electron chi connectivity index (χ2n) is 14.9. The van der Waals surface area contributed by atoms with E-state index in [9.17, 15) is 14.4 Å². The third kappa shape index (κ3) is 40.6. The van der Waals surface area contributed by atoms with Crippen LogP contribution >= 0.6 is 0 Å². The summed E-state index contributed by atoms with van der Waals surface area (Å²) in [5, 5.41) is 0. The van der Waals surface area contributed by atoms with Crippen molar-refractivity contribution < 1.29 is 28.6 Å². The van der Waals surface area contributed by atoms with E-state index in [2.05, 4.69) is 69.4 Å². The first kappa shape index (κ1) is 51.4. The van der Waals surface area contributed by atoms with E-state index in [1.54, 1.807) is 0 Å². The smallest absolute Gasteiger partial charge is 0.306 e. The number of carbonyl (C=O) groups excluding carboxylic acids is 3. The van der Waals surface area contributed by atoms with Crippen LogP contribution in [0.3, 0.4) is 0 Å². The number of unbranched alkanes of at least 4 members (excludes halogenated alkanes) is 21. The van der Waals surface area contributed by atoms with Gasteiger partial charge in [0.15, 0.2) is 6.10 Å². The maximum atomic E-state index is 12.7. The zero-order valence-electron chi connectivity index (χ0n) is 35.5. The minimum Gasteiger partial charge on any atom is -0.462 e. The van der Waals surface area contributed by atoms with Crippen molar-refractivity contribution in [3.63, 3.8) is 0 Å². The van der Waals surface area contributed by atoms with E-state index >= 15 is 0 Å². The van der Waals surface area contributed by atoms with Crippen molar-refractivity contribution in [1.82, 2.24) is 0 Å². The molecule has 0 radical (unpaired) electrons. The van der Waals surface area contributed by atoms with E-state index in [-0.39, 0.29) is 31.1 Å². The van der Waals surface area contributed by atoms with Crippen LogP contribution in [-0.4, -0.2) is 37.2 Å². The maximum absolute atomic E-state index is 12.7. The topological polar surface area (TPSA) is 78.9 Å². The van der Waals surface area contributed by atoms with E-state index < -0.39 is 6.10 Å². The Balaban J connectivity index is 4.33. The van der Waals surface area contributed by atoms with Crippen LogP contribution in [0.15, 0.2) is 48.6 Å². The lowest BCUT2D eigenvalue weighted by Crippen LogP contribution is -2.30. The zero-order valence-corrected chi connectivity index (χ0v) is 35.5. The number of rotatable bonds is 40. The number of hydrogen-bond acceptors (Lipinski definition) is 6. The molecule has 0 aliphatic rings. The van der Waals surface area contributed by atoms with E-state index in [1.165, 1.54) is 89.9 Å². The Labute approximate surface area is 333 Å². The lowest BCUT2D eigenvalue weighted by atomic mass is 10.1. The lowest BCUT2D eigenvalue weighted by molar-refractivity contribution is -0.167. The molecule has 0 aromatic carbocycles. The molecule has 0 saturated heterocycles. The van der Waals surface area contributed by atoms with Crippen LogP contribution in [0.1, 0.15) is 220 Å².